The summed E-state index contributed by atoms with van der Waals surface area (Å²) < 4.78 is 11.2. The Kier molecular flexibility index (Phi) is 12.1. The molecule has 0 aliphatic carbocycles. The molecule has 2 saturated heterocycles. The molecule has 0 aromatic rings. The van der Waals surface area contributed by atoms with E-state index in [0.717, 1.165) is 89.7 Å². The van der Waals surface area contributed by atoms with Crippen molar-refractivity contribution in [3.63, 3.8) is 0 Å². The molecule has 2 fully saturated rings. The smallest absolute Gasteiger partial charge is 0.193 e. The van der Waals surface area contributed by atoms with Crippen LogP contribution in [0.15, 0.2) is 4.99 Å². The maximum atomic E-state index is 5.84. The summed E-state index contributed by atoms with van der Waals surface area (Å²) in [5, 5.41) is 3.46. The van der Waals surface area contributed by atoms with Crippen LogP contribution in [0.5, 0.6) is 0 Å². The highest BCUT2D eigenvalue weighted by Crippen LogP contribution is 2.21. The quantitative estimate of drug-likeness (QED) is 0.270. The molecule has 0 amide bonds. The van der Waals surface area contributed by atoms with Gasteiger partial charge in [-0.25, -0.2) is 0 Å². The molecular weight excluding hydrogens is 429 g/mol. The molecule has 0 bridgehead atoms. The second-order valence-corrected chi connectivity index (χ2v) is 7.57. The first-order valence-electron chi connectivity index (χ1n) is 9.87. The highest BCUT2D eigenvalue weighted by atomic mass is 127. The SMILES string of the molecule is CCNC(=NCCCOCC1CCOCC1)N1CC(C)CC(C)C1.I. The number of ether oxygens (including phenoxy) is 2. The summed E-state index contributed by atoms with van der Waals surface area (Å²) in [6.45, 7) is 14.3. The van der Waals surface area contributed by atoms with Crippen LogP contribution in [0.2, 0.25) is 0 Å². The topological polar surface area (TPSA) is 46.1 Å². The van der Waals surface area contributed by atoms with Gasteiger partial charge in [0.2, 0.25) is 0 Å². The summed E-state index contributed by atoms with van der Waals surface area (Å²) in [7, 11) is 0. The van der Waals surface area contributed by atoms with E-state index in [9.17, 15) is 0 Å². The van der Waals surface area contributed by atoms with Crippen molar-refractivity contribution < 1.29 is 9.47 Å². The molecule has 0 aromatic heterocycles. The molecule has 148 valence electrons. The number of nitrogens with zero attached hydrogens (tertiary/aromatic N) is 2. The van der Waals surface area contributed by atoms with Crippen molar-refractivity contribution in [1.29, 1.82) is 0 Å². The largest absolute Gasteiger partial charge is 0.381 e. The molecule has 2 atom stereocenters. The Morgan fingerprint density at radius 2 is 1.88 bits per heavy atom. The van der Waals surface area contributed by atoms with E-state index in [0.29, 0.717) is 5.92 Å². The van der Waals surface area contributed by atoms with E-state index < -0.39 is 0 Å². The minimum absolute atomic E-state index is 0. The summed E-state index contributed by atoms with van der Waals surface area (Å²) in [5.74, 6) is 3.28. The summed E-state index contributed by atoms with van der Waals surface area (Å²) >= 11 is 0. The zero-order valence-corrected chi connectivity index (χ0v) is 18.7. The van der Waals surface area contributed by atoms with E-state index in [2.05, 4.69) is 31.0 Å². The number of rotatable bonds is 7. The number of nitrogens with one attached hydrogen (secondary N) is 1. The Morgan fingerprint density at radius 1 is 1.20 bits per heavy atom. The van der Waals surface area contributed by atoms with E-state index in [1.165, 1.54) is 6.42 Å². The molecule has 2 rings (SSSR count). The highest BCUT2D eigenvalue weighted by molar-refractivity contribution is 14.0. The molecule has 0 aromatic carbocycles. The second-order valence-electron chi connectivity index (χ2n) is 7.57. The maximum Gasteiger partial charge on any atom is 0.193 e. The van der Waals surface area contributed by atoms with E-state index in [1.54, 1.807) is 0 Å². The van der Waals surface area contributed by atoms with Crippen LogP contribution >= 0.6 is 24.0 Å². The number of guanidine groups is 1. The summed E-state index contributed by atoms with van der Waals surface area (Å²) in [4.78, 5) is 7.26. The fourth-order valence-corrected chi connectivity index (χ4v) is 3.78. The van der Waals surface area contributed by atoms with Crippen molar-refractivity contribution >= 4 is 29.9 Å². The maximum absolute atomic E-state index is 5.84. The van der Waals surface area contributed by atoms with Gasteiger partial charge in [-0.3, -0.25) is 4.99 Å². The number of likely N-dealkylation sites (tertiary alicyclic amines) is 1. The van der Waals surface area contributed by atoms with Crippen LogP contribution in [0.3, 0.4) is 0 Å². The first kappa shape index (κ1) is 23.0. The fourth-order valence-electron chi connectivity index (χ4n) is 3.78. The Morgan fingerprint density at radius 3 is 2.52 bits per heavy atom. The van der Waals surface area contributed by atoms with Gasteiger partial charge in [0.05, 0.1) is 0 Å². The molecule has 0 saturated carbocycles. The van der Waals surface area contributed by atoms with Gasteiger partial charge in [0.25, 0.3) is 0 Å². The summed E-state index contributed by atoms with van der Waals surface area (Å²) in [6.07, 6.45) is 4.62. The van der Waals surface area contributed by atoms with E-state index >= 15 is 0 Å². The number of hydrogen-bond acceptors (Lipinski definition) is 3. The lowest BCUT2D eigenvalue weighted by Crippen LogP contribution is -2.48. The van der Waals surface area contributed by atoms with Crippen LogP contribution < -0.4 is 5.32 Å². The van der Waals surface area contributed by atoms with E-state index in [-0.39, 0.29) is 24.0 Å². The monoisotopic (exact) mass is 467 g/mol. The van der Waals surface area contributed by atoms with Crippen molar-refractivity contribution in [2.45, 2.75) is 46.5 Å². The lowest BCUT2D eigenvalue weighted by molar-refractivity contribution is 0.0205. The Bertz CT molecular complexity index is 366. The molecule has 2 aliphatic rings. The third kappa shape index (κ3) is 8.91. The van der Waals surface area contributed by atoms with Crippen LogP contribution in [0, 0.1) is 17.8 Å². The molecule has 25 heavy (non-hydrogen) atoms. The molecule has 0 spiro atoms. The molecule has 1 N–H and O–H groups in total. The van der Waals surface area contributed by atoms with Crippen LogP contribution in [0.4, 0.5) is 0 Å². The minimum atomic E-state index is 0. The molecule has 0 radical (unpaired) electrons. The minimum Gasteiger partial charge on any atom is -0.381 e. The highest BCUT2D eigenvalue weighted by Gasteiger charge is 2.23. The van der Waals surface area contributed by atoms with Crippen molar-refractivity contribution in [1.82, 2.24) is 10.2 Å². The Labute approximate surface area is 171 Å². The predicted molar refractivity (Wildman–Crippen MR) is 115 cm³/mol. The lowest BCUT2D eigenvalue weighted by atomic mass is 9.92. The Balaban J connectivity index is 0.00000312. The molecular formula is C19H38IN3O2. The average Bonchev–Trinajstić information content (AvgIpc) is 2.57. The van der Waals surface area contributed by atoms with Gasteiger partial charge in [0, 0.05) is 52.6 Å². The van der Waals surface area contributed by atoms with Gasteiger partial charge in [-0.1, -0.05) is 13.8 Å². The molecule has 2 aliphatic heterocycles. The zero-order chi connectivity index (χ0) is 17.2. The second kappa shape index (κ2) is 13.1. The van der Waals surface area contributed by atoms with Crippen molar-refractivity contribution in [2.24, 2.45) is 22.7 Å². The van der Waals surface area contributed by atoms with E-state index in [4.69, 9.17) is 14.5 Å². The number of piperidine rings is 1. The lowest BCUT2D eigenvalue weighted by Gasteiger charge is -2.37. The predicted octanol–water partition coefficient (Wildman–Crippen LogP) is 3.38. The van der Waals surface area contributed by atoms with Gasteiger partial charge in [-0.2, -0.15) is 0 Å². The molecule has 2 heterocycles. The van der Waals surface area contributed by atoms with Gasteiger partial charge < -0.3 is 19.7 Å². The van der Waals surface area contributed by atoms with Gasteiger partial charge in [-0.05, 0) is 50.4 Å². The van der Waals surface area contributed by atoms with Crippen LogP contribution in [-0.2, 0) is 9.47 Å². The normalized spacial score (nSPS) is 25.6. The number of hydrogen-bond donors (Lipinski definition) is 1. The van der Waals surface area contributed by atoms with Crippen LogP contribution in [-0.4, -0.2) is 63.5 Å². The van der Waals surface area contributed by atoms with Crippen molar-refractivity contribution in [3.8, 4) is 0 Å². The van der Waals surface area contributed by atoms with Gasteiger partial charge in [-0.15, -0.1) is 24.0 Å². The van der Waals surface area contributed by atoms with Gasteiger partial charge in [0.1, 0.15) is 0 Å². The average molecular weight is 467 g/mol. The van der Waals surface area contributed by atoms with Gasteiger partial charge in [0.15, 0.2) is 5.96 Å². The first-order valence-corrected chi connectivity index (χ1v) is 9.87. The van der Waals surface area contributed by atoms with Crippen LogP contribution in [0.25, 0.3) is 0 Å². The molecule has 2 unspecified atom stereocenters. The molecule has 5 nitrogen and oxygen atoms in total. The summed E-state index contributed by atoms with van der Waals surface area (Å²) in [5.41, 5.74) is 0. The summed E-state index contributed by atoms with van der Waals surface area (Å²) in [6, 6.07) is 0. The third-order valence-electron chi connectivity index (χ3n) is 4.91. The fraction of sp³-hybridized carbons (Fsp3) is 0.947. The number of aliphatic imine (C=N–C) groups is 1. The standard InChI is InChI=1S/C19H37N3O2.HI/c1-4-20-19(22-13-16(2)12-17(3)14-22)21-8-5-9-24-15-18-6-10-23-11-7-18;/h16-18H,4-15H2,1-3H3,(H,20,21);1H. The van der Waals surface area contributed by atoms with Crippen molar-refractivity contribution in [3.05, 3.63) is 0 Å². The third-order valence-corrected chi connectivity index (χ3v) is 4.91. The Hall–Kier alpha value is -0.0800. The van der Waals surface area contributed by atoms with E-state index in [1.807, 2.05) is 0 Å². The number of halogens is 1. The first-order chi connectivity index (χ1) is 11.7. The van der Waals surface area contributed by atoms with Crippen molar-refractivity contribution in [2.75, 3.05) is 52.6 Å². The zero-order valence-electron chi connectivity index (χ0n) is 16.3. The van der Waals surface area contributed by atoms with Crippen LogP contribution in [0.1, 0.15) is 46.5 Å². The van der Waals surface area contributed by atoms with Gasteiger partial charge >= 0.3 is 0 Å². The molecule has 6 heteroatoms.